The van der Waals surface area contributed by atoms with E-state index in [1.165, 1.54) is 30.3 Å². The molecule has 0 saturated heterocycles. The van der Waals surface area contributed by atoms with Crippen LogP contribution in [0, 0.1) is 6.92 Å². The molecule has 0 atom stereocenters. The van der Waals surface area contributed by atoms with Crippen LogP contribution in [0.5, 0.6) is 0 Å². The van der Waals surface area contributed by atoms with Gasteiger partial charge in [0, 0.05) is 0 Å². The minimum atomic E-state index is -4.24. The number of carbonyl (C=O) groups is 1. The molecule has 3 aromatic rings. The molecule has 3 rings (SSSR count). The predicted octanol–water partition coefficient (Wildman–Crippen LogP) is 0.805. The van der Waals surface area contributed by atoms with Gasteiger partial charge in [0.15, 0.2) is 0 Å². The zero-order valence-corrected chi connectivity index (χ0v) is 14.9. The Labute approximate surface area is 153 Å². The number of nitrogens with one attached hydrogen (secondary N) is 2. The number of carboxylic acid groups (broad SMARTS) is 1. The van der Waals surface area contributed by atoms with Crippen LogP contribution in [0.1, 0.15) is 5.56 Å². The van der Waals surface area contributed by atoms with E-state index in [0.29, 0.717) is 0 Å². The van der Waals surface area contributed by atoms with Crippen molar-refractivity contribution in [1.29, 1.82) is 0 Å². The fourth-order valence-electron chi connectivity index (χ4n) is 2.53. The molecule has 0 unspecified atom stereocenters. The van der Waals surface area contributed by atoms with Crippen LogP contribution in [0.2, 0.25) is 0 Å². The van der Waals surface area contributed by atoms with Gasteiger partial charge < -0.3 is 15.1 Å². The quantitative estimate of drug-likeness (QED) is 0.552. The highest BCUT2D eigenvalue weighted by atomic mass is 32.2. The van der Waals surface area contributed by atoms with Gasteiger partial charge in [-0.25, -0.2) is 8.42 Å². The molecule has 1 heterocycles. The molecule has 2 aromatic carbocycles. The molecule has 0 saturated carbocycles. The first-order valence-electron chi connectivity index (χ1n) is 7.76. The van der Waals surface area contributed by atoms with Crippen LogP contribution < -0.4 is 15.4 Å². The van der Waals surface area contributed by atoms with Gasteiger partial charge in [-0.15, -0.1) is 0 Å². The van der Waals surface area contributed by atoms with Crippen LogP contribution >= 0.6 is 0 Å². The Hall–Kier alpha value is -3.40. The zero-order chi connectivity index (χ0) is 19.8. The van der Waals surface area contributed by atoms with Crippen LogP contribution in [0.3, 0.4) is 0 Å². The van der Waals surface area contributed by atoms with Crippen LogP contribution in [0.4, 0.5) is 5.69 Å². The summed E-state index contributed by atoms with van der Waals surface area (Å²) in [4.78, 5) is 38.5. The number of carboxylic acids is 1. The summed E-state index contributed by atoms with van der Waals surface area (Å²) in [7, 11) is -4.24. The Morgan fingerprint density at radius 3 is 2.19 bits per heavy atom. The van der Waals surface area contributed by atoms with Gasteiger partial charge in [0.05, 0.1) is 21.6 Å². The second kappa shape index (κ2) is 6.72. The number of hydrogen-bond donors (Lipinski definition) is 3. The molecule has 0 amide bonds. The van der Waals surface area contributed by atoms with E-state index in [2.05, 4.69) is 9.97 Å². The van der Waals surface area contributed by atoms with E-state index < -0.39 is 33.7 Å². The van der Waals surface area contributed by atoms with Gasteiger partial charge in [0.1, 0.15) is 6.54 Å². The molecule has 0 bridgehead atoms. The van der Waals surface area contributed by atoms with Crippen molar-refractivity contribution < 1.29 is 18.3 Å². The first kappa shape index (κ1) is 18.4. The molecule has 3 N–H and O–H groups in total. The minimum absolute atomic E-state index is 0.111. The number of aliphatic carboxylic acids is 1. The van der Waals surface area contributed by atoms with Crippen LogP contribution in [-0.2, 0) is 14.8 Å². The van der Waals surface area contributed by atoms with Crippen LogP contribution in [0.15, 0.2) is 56.9 Å². The van der Waals surface area contributed by atoms with Gasteiger partial charge in [-0.2, -0.15) is 0 Å². The average Bonchev–Trinajstić information content (AvgIpc) is 2.61. The van der Waals surface area contributed by atoms with Gasteiger partial charge in [-0.3, -0.25) is 18.7 Å². The number of hydrogen-bond acceptors (Lipinski definition) is 5. The molecule has 0 aliphatic heterocycles. The van der Waals surface area contributed by atoms with Gasteiger partial charge >= 0.3 is 17.1 Å². The molecule has 140 valence electrons. The lowest BCUT2D eigenvalue weighted by Gasteiger charge is -2.23. The molecule has 0 aliphatic carbocycles. The maximum absolute atomic E-state index is 13.0. The van der Waals surface area contributed by atoms with Crippen molar-refractivity contribution >= 4 is 32.7 Å². The molecule has 0 fully saturated rings. The van der Waals surface area contributed by atoms with E-state index in [4.69, 9.17) is 5.11 Å². The summed E-state index contributed by atoms with van der Waals surface area (Å²) in [6, 6.07) is 10.1. The lowest BCUT2D eigenvalue weighted by Crippen LogP contribution is -2.36. The summed E-state index contributed by atoms with van der Waals surface area (Å²) in [6.07, 6.45) is 0. The highest BCUT2D eigenvalue weighted by Gasteiger charge is 2.27. The Bertz CT molecular complexity index is 1240. The van der Waals surface area contributed by atoms with Crippen molar-refractivity contribution in [2.24, 2.45) is 0 Å². The molecule has 10 heteroatoms. The van der Waals surface area contributed by atoms with E-state index in [9.17, 15) is 22.8 Å². The minimum Gasteiger partial charge on any atom is -0.480 e. The molecule has 1 aromatic heterocycles. The van der Waals surface area contributed by atoms with E-state index >= 15 is 0 Å². The Morgan fingerprint density at radius 2 is 1.59 bits per heavy atom. The number of aryl methyl sites for hydroxylation is 1. The number of sulfonamides is 1. The number of anilines is 1. The molecule has 9 nitrogen and oxygen atoms in total. The zero-order valence-electron chi connectivity index (χ0n) is 14.1. The number of benzene rings is 2. The average molecular weight is 389 g/mol. The summed E-state index contributed by atoms with van der Waals surface area (Å²) >= 11 is 0. The fraction of sp³-hybridized carbons (Fsp3) is 0.118. The van der Waals surface area contributed by atoms with E-state index in [0.717, 1.165) is 9.87 Å². The van der Waals surface area contributed by atoms with Crippen molar-refractivity contribution in [2.75, 3.05) is 10.8 Å². The van der Waals surface area contributed by atoms with Crippen LogP contribution in [0.25, 0.3) is 11.0 Å². The maximum Gasteiger partial charge on any atom is 0.324 e. The second-order valence-electron chi connectivity index (χ2n) is 5.86. The number of H-pyrrole nitrogens is 2. The summed E-state index contributed by atoms with van der Waals surface area (Å²) in [6.45, 7) is 1.05. The Kier molecular flexibility index (Phi) is 4.58. The summed E-state index contributed by atoms with van der Waals surface area (Å²) < 4.78 is 26.9. The predicted molar refractivity (Wildman–Crippen MR) is 98.5 cm³/mol. The van der Waals surface area contributed by atoms with E-state index in [1.807, 2.05) is 6.92 Å². The summed E-state index contributed by atoms with van der Waals surface area (Å²) in [5.74, 6) is -1.32. The van der Waals surface area contributed by atoms with E-state index in [-0.39, 0.29) is 21.6 Å². The SMILES string of the molecule is Cc1ccc(N(CC(=O)O)S(=O)(=O)c2ccc3[nH]c(=O)c(=O)[nH]c3c2)cc1. The number of nitrogens with zero attached hydrogens (tertiary/aromatic N) is 1. The first-order chi connectivity index (χ1) is 12.7. The number of fused-ring (bicyclic) bond motifs is 1. The smallest absolute Gasteiger partial charge is 0.324 e. The van der Waals surface area contributed by atoms with Crippen molar-refractivity contribution in [2.45, 2.75) is 11.8 Å². The molecule has 0 radical (unpaired) electrons. The highest BCUT2D eigenvalue weighted by Crippen LogP contribution is 2.25. The normalized spacial score (nSPS) is 11.4. The first-order valence-corrected chi connectivity index (χ1v) is 9.20. The molecule has 0 spiro atoms. The van der Waals surface area contributed by atoms with Gasteiger partial charge in [0.25, 0.3) is 10.0 Å². The topological polar surface area (TPSA) is 140 Å². The van der Waals surface area contributed by atoms with Crippen molar-refractivity contribution in [3.05, 3.63) is 68.7 Å². The van der Waals surface area contributed by atoms with Crippen LogP contribution in [-0.4, -0.2) is 36.0 Å². The lowest BCUT2D eigenvalue weighted by atomic mass is 10.2. The third-order valence-electron chi connectivity index (χ3n) is 3.88. The molecule has 0 aliphatic rings. The second-order valence-corrected chi connectivity index (χ2v) is 7.72. The van der Waals surface area contributed by atoms with Gasteiger partial charge in [-0.1, -0.05) is 17.7 Å². The van der Waals surface area contributed by atoms with Crippen molar-refractivity contribution in [1.82, 2.24) is 9.97 Å². The summed E-state index contributed by atoms with van der Waals surface area (Å²) in [5.41, 5.74) is -0.335. The number of aromatic nitrogens is 2. The highest BCUT2D eigenvalue weighted by molar-refractivity contribution is 7.92. The third kappa shape index (κ3) is 3.60. The molecular weight excluding hydrogens is 374 g/mol. The van der Waals surface area contributed by atoms with E-state index in [1.54, 1.807) is 12.1 Å². The number of aromatic amines is 2. The standard InChI is InChI=1S/C17H15N3O6S/c1-10-2-4-11(5-3-10)20(9-15(21)22)27(25,26)12-6-7-13-14(8-12)19-17(24)16(23)18-13/h2-8H,9H2,1H3,(H,18,23)(H,19,24)(H,21,22). The monoisotopic (exact) mass is 389 g/mol. The Morgan fingerprint density at radius 1 is 1.00 bits per heavy atom. The van der Waals surface area contributed by atoms with Crippen molar-refractivity contribution in [3.8, 4) is 0 Å². The Balaban J connectivity index is 2.16. The maximum atomic E-state index is 13.0. The van der Waals surface area contributed by atoms with Gasteiger partial charge in [-0.05, 0) is 37.3 Å². The molecular formula is C17H15N3O6S. The van der Waals surface area contributed by atoms with Gasteiger partial charge in [0.2, 0.25) is 0 Å². The van der Waals surface area contributed by atoms with Crippen molar-refractivity contribution in [3.63, 3.8) is 0 Å². The largest absolute Gasteiger partial charge is 0.480 e. The third-order valence-corrected chi connectivity index (χ3v) is 5.65. The number of rotatable bonds is 5. The summed E-state index contributed by atoms with van der Waals surface area (Å²) in [5, 5.41) is 9.16. The lowest BCUT2D eigenvalue weighted by molar-refractivity contribution is -0.135. The molecule has 27 heavy (non-hydrogen) atoms. The fourth-order valence-corrected chi connectivity index (χ4v) is 3.97.